The average Bonchev–Trinajstić information content (AvgIpc) is 2.88. The van der Waals surface area contributed by atoms with E-state index in [1.165, 1.54) is 37.3 Å². The second-order valence-electron chi connectivity index (χ2n) is 7.80. The van der Waals surface area contributed by atoms with Crippen LogP contribution in [0.1, 0.15) is 19.4 Å². The lowest BCUT2D eigenvalue weighted by Crippen LogP contribution is -2.13. The Balaban J connectivity index is 1.67. The molecule has 0 unspecified atom stereocenters. The zero-order valence-electron chi connectivity index (χ0n) is 20.7. The van der Waals surface area contributed by atoms with Crippen LogP contribution in [0.25, 0.3) is 6.08 Å². The first-order chi connectivity index (χ1) is 18.3. The van der Waals surface area contributed by atoms with Gasteiger partial charge in [0.1, 0.15) is 36.4 Å². The normalized spacial score (nSPS) is 10.8. The van der Waals surface area contributed by atoms with Gasteiger partial charge in [-0.05, 0) is 79.2 Å². The summed E-state index contributed by atoms with van der Waals surface area (Å²) in [6.45, 7) is 3.93. The Morgan fingerprint density at radius 2 is 1.61 bits per heavy atom. The molecule has 2 N–H and O–H groups in total. The van der Waals surface area contributed by atoms with Crippen molar-refractivity contribution in [3.8, 4) is 23.3 Å². The molecule has 0 aromatic heterocycles. The second kappa shape index (κ2) is 13.7. The molecule has 0 spiro atoms. The van der Waals surface area contributed by atoms with Crippen LogP contribution in [0.5, 0.6) is 17.2 Å². The molecule has 3 aromatic rings. The topological polar surface area (TPSA) is 110 Å². The smallest absolute Gasteiger partial charge is 0.266 e. The van der Waals surface area contributed by atoms with Crippen LogP contribution in [0, 0.1) is 17.1 Å². The number of nitriles is 1. The van der Waals surface area contributed by atoms with Crippen molar-refractivity contribution < 1.29 is 28.2 Å². The third kappa shape index (κ3) is 8.25. The summed E-state index contributed by atoms with van der Waals surface area (Å²) >= 11 is 6.45. The highest BCUT2D eigenvalue weighted by molar-refractivity contribution is 6.32. The van der Waals surface area contributed by atoms with Crippen LogP contribution < -0.4 is 24.8 Å². The first-order valence-electron chi connectivity index (χ1n) is 11.6. The first-order valence-corrected chi connectivity index (χ1v) is 11.9. The van der Waals surface area contributed by atoms with Gasteiger partial charge in [-0.15, -0.1) is 0 Å². The molecule has 2 amide bonds. The van der Waals surface area contributed by atoms with E-state index in [1.54, 1.807) is 43.3 Å². The van der Waals surface area contributed by atoms with Crippen LogP contribution in [-0.2, 0) is 9.59 Å². The van der Waals surface area contributed by atoms with E-state index in [9.17, 15) is 19.2 Å². The molecule has 196 valence electrons. The number of nitrogens with one attached hydrogen (secondary N) is 2. The Kier molecular flexibility index (Phi) is 10.1. The molecule has 8 nitrogen and oxygen atoms in total. The third-order valence-electron chi connectivity index (χ3n) is 4.88. The molecule has 10 heteroatoms. The van der Waals surface area contributed by atoms with E-state index in [0.717, 1.165) is 0 Å². The summed E-state index contributed by atoms with van der Waals surface area (Å²) in [6.07, 6.45) is 1.37. The van der Waals surface area contributed by atoms with Gasteiger partial charge >= 0.3 is 0 Å². The maximum atomic E-state index is 13.1. The summed E-state index contributed by atoms with van der Waals surface area (Å²) in [6, 6.07) is 17.1. The van der Waals surface area contributed by atoms with E-state index in [1.807, 2.05) is 6.07 Å². The highest BCUT2D eigenvalue weighted by Gasteiger charge is 2.15. The Hall–Kier alpha value is -4.55. The summed E-state index contributed by atoms with van der Waals surface area (Å²) in [5.41, 5.74) is 1.28. The van der Waals surface area contributed by atoms with Crippen molar-refractivity contribution in [3.05, 3.63) is 82.6 Å². The Bertz CT molecular complexity index is 1350. The van der Waals surface area contributed by atoms with Crippen molar-refractivity contribution in [2.45, 2.75) is 13.8 Å². The lowest BCUT2D eigenvalue weighted by Gasteiger charge is -2.15. The molecule has 0 aliphatic carbocycles. The molecule has 0 radical (unpaired) electrons. The molecule has 3 aromatic carbocycles. The van der Waals surface area contributed by atoms with Gasteiger partial charge in [-0.2, -0.15) is 5.26 Å². The van der Waals surface area contributed by atoms with Crippen LogP contribution in [0.3, 0.4) is 0 Å². The first kappa shape index (κ1) is 28.0. The molecule has 38 heavy (non-hydrogen) atoms. The predicted octanol–water partition coefficient (Wildman–Crippen LogP) is 5.84. The fraction of sp³-hybridized carbons (Fsp3) is 0.179. The molecule has 3 rings (SSSR count). The van der Waals surface area contributed by atoms with Gasteiger partial charge in [0.05, 0.1) is 11.6 Å². The number of benzene rings is 3. The van der Waals surface area contributed by atoms with Gasteiger partial charge in [0.2, 0.25) is 5.91 Å². The molecule has 0 fully saturated rings. The van der Waals surface area contributed by atoms with Gasteiger partial charge < -0.3 is 24.8 Å². The summed E-state index contributed by atoms with van der Waals surface area (Å²) < 4.78 is 30.2. The molecular weight excluding hydrogens is 513 g/mol. The van der Waals surface area contributed by atoms with Crippen LogP contribution in [0.15, 0.2) is 66.2 Å². The van der Waals surface area contributed by atoms with Crippen molar-refractivity contribution in [1.29, 1.82) is 5.26 Å². The minimum Gasteiger partial charge on any atom is -0.490 e. The highest BCUT2D eigenvalue weighted by atomic mass is 35.5. The molecule has 0 heterocycles. The number of halogens is 2. The number of carbonyl (C=O) groups excluding carboxylic acids is 2. The number of ether oxygens (including phenoxy) is 3. The zero-order valence-corrected chi connectivity index (χ0v) is 21.5. The van der Waals surface area contributed by atoms with Crippen LogP contribution in [0.4, 0.5) is 15.8 Å². The predicted molar refractivity (Wildman–Crippen MR) is 143 cm³/mol. The fourth-order valence-electron chi connectivity index (χ4n) is 3.26. The lowest BCUT2D eigenvalue weighted by molar-refractivity contribution is -0.114. The maximum absolute atomic E-state index is 13.1. The second-order valence-corrected chi connectivity index (χ2v) is 8.20. The Morgan fingerprint density at radius 3 is 2.24 bits per heavy atom. The highest BCUT2D eigenvalue weighted by Crippen LogP contribution is 2.37. The number of nitrogens with zero attached hydrogens (tertiary/aromatic N) is 1. The van der Waals surface area contributed by atoms with Crippen LogP contribution in [-0.4, -0.2) is 31.6 Å². The van der Waals surface area contributed by atoms with E-state index >= 15 is 0 Å². The molecule has 0 bridgehead atoms. The van der Waals surface area contributed by atoms with E-state index in [-0.39, 0.29) is 29.7 Å². The lowest BCUT2D eigenvalue weighted by atomic mass is 10.1. The number of rotatable bonds is 11. The van der Waals surface area contributed by atoms with Crippen molar-refractivity contribution in [2.75, 3.05) is 30.5 Å². The average molecular weight is 538 g/mol. The van der Waals surface area contributed by atoms with Crippen molar-refractivity contribution in [1.82, 2.24) is 0 Å². The quantitative estimate of drug-likeness (QED) is 0.181. The third-order valence-corrected chi connectivity index (χ3v) is 5.16. The van der Waals surface area contributed by atoms with Gasteiger partial charge in [-0.25, -0.2) is 4.39 Å². The fourth-order valence-corrected chi connectivity index (χ4v) is 3.54. The van der Waals surface area contributed by atoms with Crippen molar-refractivity contribution in [3.63, 3.8) is 0 Å². The minimum atomic E-state index is -0.657. The van der Waals surface area contributed by atoms with E-state index in [0.29, 0.717) is 40.8 Å². The maximum Gasteiger partial charge on any atom is 0.266 e. The van der Waals surface area contributed by atoms with E-state index in [2.05, 4.69) is 10.6 Å². The summed E-state index contributed by atoms with van der Waals surface area (Å²) in [7, 11) is 0. The van der Waals surface area contributed by atoms with Gasteiger partial charge in [0.25, 0.3) is 5.91 Å². The SMILES string of the molecule is CCOc1cc(/C=C(\C#N)C(=O)Nc2ccc(F)cc2)cc(Cl)c1OCCOc1ccc(NC(C)=O)cc1. The Morgan fingerprint density at radius 1 is 0.974 bits per heavy atom. The number of carbonyl (C=O) groups is 2. The molecule has 0 atom stereocenters. The van der Waals surface area contributed by atoms with Crippen molar-refractivity contribution >= 4 is 40.9 Å². The number of hydrogen-bond donors (Lipinski definition) is 2. The summed E-state index contributed by atoms with van der Waals surface area (Å²) in [5, 5.41) is 15.0. The number of amides is 2. The standard InChI is InChI=1S/C28H25ClFN3O5/c1-3-36-26-16-19(14-20(17-31)28(35)33-23-6-4-21(30)5-7-23)15-25(29)27(26)38-13-12-37-24-10-8-22(9-11-24)32-18(2)34/h4-11,14-16H,3,12-13H2,1-2H3,(H,32,34)(H,33,35)/b20-14+. The van der Waals surface area contributed by atoms with Crippen LogP contribution in [0.2, 0.25) is 5.02 Å². The summed E-state index contributed by atoms with van der Waals surface area (Å²) in [5.74, 6) is -0.0271. The number of hydrogen-bond acceptors (Lipinski definition) is 6. The molecule has 0 aliphatic heterocycles. The van der Waals surface area contributed by atoms with Gasteiger partial charge in [-0.1, -0.05) is 11.6 Å². The van der Waals surface area contributed by atoms with Crippen molar-refractivity contribution in [2.24, 2.45) is 0 Å². The van der Waals surface area contributed by atoms with Gasteiger partial charge in [0.15, 0.2) is 11.5 Å². The molecule has 0 saturated heterocycles. The van der Waals surface area contributed by atoms with E-state index < -0.39 is 11.7 Å². The zero-order chi connectivity index (χ0) is 27.5. The van der Waals surface area contributed by atoms with Gasteiger partial charge in [-0.3, -0.25) is 9.59 Å². The molecule has 0 saturated carbocycles. The van der Waals surface area contributed by atoms with Gasteiger partial charge in [0, 0.05) is 18.3 Å². The largest absolute Gasteiger partial charge is 0.490 e. The minimum absolute atomic E-state index is 0.159. The molecular formula is C28H25ClFN3O5. The van der Waals surface area contributed by atoms with E-state index in [4.69, 9.17) is 25.8 Å². The van der Waals surface area contributed by atoms with Crippen LogP contribution >= 0.6 is 11.6 Å². The molecule has 0 aliphatic rings. The summed E-state index contributed by atoms with van der Waals surface area (Å²) in [4.78, 5) is 23.7. The Labute approximate surface area is 224 Å². The number of anilines is 2. The monoisotopic (exact) mass is 537 g/mol.